The fourth-order valence-electron chi connectivity index (χ4n) is 3.32. The van der Waals surface area contributed by atoms with Crippen molar-refractivity contribution in [1.29, 1.82) is 0 Å². The molecule has 2 fully saturated rings. The third-order valence-electron chi connectivity index (χ3n) is 4.34. The van der Waals surface area contributed by atoms with Crippen molar-refractivity contribution in [2.75, 3.05) is 0 Å². The van der Waals surface area contributed by atoms with E-state index in [0.29, 0.717) is 6.04 Å². The Hall–Kier alpha value is -0.0800. The lowest BCUT2D eigenvalue weighted by molar-refractivity contribution is 0.305. The second kappa shape index (κ2) is 3.58. The van der Waals surface area contributed by atoms with Crippen LogP contribution in [0.4, 0.5) is 0 Å². The third-order valence-corrected chi connectivity index (χ3v) is 4.34. The van der Waals surface area contributed by atoms with Gasteiger partial charge < -0.3 is 0 Å². The number of hydrogen-bond donors (Lipinski definition) is 2. The molecule has 0 aromatic heterocycles. The number of nitrogens with one attached hydrogen (secondary N) is 1. The van der Waals surface area contributed by atoms with E-state index in [-0.39, 0.29) is 0 Å². The molecule has 2 heteroatoms. The zero-order chi connectivity index (χ0) is 9.42. The second-order valence-electron chi connectivity index (χ2n) is 4.91. The molecule has 2 rings (SSSR count). The highest BCUT2D eigenvalue weighted by molar-refractivity contribution is 5.06. The molecule has 0 aliphatic heterocycles. The maximum absolute atomic E-state index is 5.64. The molecule has 0 heterocycles. The summed E-state index contributed by atoms with van der Waals surface area (Å²) < 4.78 is 0. The molecule has 2 aliphatic carbocycles. The lowest BCUT2D eigenvalue weighted by atomic mass is 9.92. The van der Waals surface area contributed by atoms with E-state index < -0.39 is 0 Å². The Morgan fingerprint density at radius 2 is 2.00 bits per heavy atom. The van der Waals surface area contributed by atoms with Crippen molar-refractivity contribution in [2.45, 2.75) is 45.6 Å². The predicted octanol–water partition coefficient (Wildman–Crippen LogP) is 1.91. The summed E-state index contributed by atoms with van der Waals surface area (Å²) in [7, 11) is 0. The summed E-state index contributed by atoms with van der Waals surface area (Å²) in [4.78, 5) is 0. The first-order chi connectivity index (χ1) is 6.29. The number of hydrogen-bond acceptors (Lipinski definition) is 2. The molecule has 2 nitrogen and oxygen atoms in total. The van der Waals surface area contributed by atoms with Crippen molar-refractivity contribution < 1.29 is 0 Å². The van der Waals surface area contributed by atoms with Gasteiger partial charge >= 0.3 is 0 Å². The van der Waals surface area contributed by atoms with Crippen LogP contribution in [0.25, 0.3) is 0 Å². The molecule has 2 saturated carbocycles. The van der Waals surface area contributed by atoms with Crippen LogP contribution in [0.2, 0.25) is 0 Å². The van der Waals surface area contributed by atoms with E-state index in [1.165, 1.54) is 25.7 Å². The molecular formula is C11H22N2. The quantitative estimate of drug-likeness (QED) is 0.515. The Balaban J connectivity index is 1.91. The van der Waals surface area contributed by atoms with E-state index in [1.807, 2.05) is 0 Å². The SMILES string of the molecule is CCC(C)C(NN)C1C2CCCC21. The summed E-state index contributed by atoms with van der Waals surface area (Å²) in [6, 6.07) is 0.584. The Bertz CT molecular complexity index is 171. The lowest BCUT2D eigenvalue weighted by Crippen LogP contribution is -2.42. The minimum atomic E-state index is 0.584. The van der Waals surface area contributed by atoms with Crippen LogP contribution < -0.4 is 11.3 Å². The number of hydrazine groups is 1. The van der Waals surface area contributed by atoms with Crippen LogP contribution in [0.5, 0.6) is 0 Å². The fraction of sp³-hybridized carbons (Fsp3) is 1.00. The topological polar surface area (TPSA) is 38.0 Å². The van der Waals surface area contributed by atoms with Crippen LogP contribution in [0.3, 0.4) is 0 Å². The van der Waals surface area contributed by atoms with Crippen LogP contribution in [0.1, 0.15) is 39.5 Å². The summed E-state index contributed by atoms with van der Waals surface area (Å²) in [6.45, 7) is 4.58. The third kappa shape index (κ3) is 1.50. The van der Waals surface area contributed by atoms with Gasteiger partial charge in [0.2, 0.25) is 0 Å². The first-order valence-corrected chi connectivity index (χ1v) is 5.75. The Labute approximate surface area is 81.2 Å². The van der Waals surface area contributed by atoms with Crippen LogP contribution in [0, 0.1) is 23.7 Å². The molecule has 4 atom stereocenters. The number of nitrogens with two attached hydrogens (primary N) is 1. The van der Waals surface area contributed by atoms with Crippen LogP contribution in [0.15, 0.2) is 0 Å². The van der Waals surface area contributed by atoms with Crippen LogP contribution in [-0.4, -0.2) is 6.04 Å². The van der Waals surface area contributed by atoms with E-state index in [9.17, 15) is 0 Å². The number of rotatable bonds is 4. The minimum absolute atomic E-state index is 0.584. The van der Waals surface area contributed by atoms with Crippen molar-refractivity contribution in [3.05, 3.63) is 0 Å². The largest absolute Gasteiger partial charge is 0.271 e. The highest BCUT2D eigenvalue weighted by Gasteiger charge is 2.56. The summed E-state index contributed by atoms with van der Waals surface area (Å²) in [5.74, 6) is 9.34. The van der Waals surface area contributed by atoms with Crippen molar-refractivity contribution in [3.8, 4) is 0 Å². The fourth-order valence-corrected chi connectivity index (χ4v) is 3.32. The first kappa shape index (κ1) is 9.47. The van der Waals surface area contributed by atoms with Gasteiger partial charge in [-0.15, -0.1) is 0 Å². The normalized spacial score (nSPS) is 41.3. The monoisotopic (exact) mass is 182 g/mol. The van der Waals surface area contributed by atoms with E-state index in [4.69, 9.17) is 5.84 Å². The molecule has 0 radical (unpaired) electrons. The second-order valence-corrected chi connectivity index (χ2v) is 4.91. The summed E-state index contributed by atoms with van der Waals surface area (Å²) in [5.41, 5.74) is 3.04. The molecule has 2 aliphatic rings. The lowest BCUT2D eigenvalue weighted by Gasteiger charge is -2.23. The molecule has 3 N–H and O–H groups in total. The Morgan fingerprint density at radius 3 is 2.46 bits per heavy atom. The van der Waals surface area contributed by atoms with Gasteiger partial charge in [0.15, 0.2) is 0 Å². The van der Waals surface area contributed by atoms with Gasteiger partial charge in [-0.25, -0.2) is 0 Å². The van der Waals surface area contributed by atoms with Gasteiger partial charge in [-0.05, 0) is 36.5 Å². The minimum Gasteiger partial charge on any atom is -0.271 e. The zero-order valence-electron chi connectivity index (χ0n) is 8.79. The van der Waals surface area contributed by atoms with Crippen LogP contribution in [-0.2, 0) is 0 Å². The molecule has 0 saturated heterocycles. The highest BCUT2D eigenvalue weighted by atomic mass is 15.2. The number of fused-ring (bicyclic) bond motifs is 1. The van der Waals surface area contributed by atoms with Crippen molar-refractivity contribution in [3.63, 3.8) is 0 Å². The first-order valence-electron chi connectivity index (χ1n) is 5.75. The average Bonchev–Trinajstić information content (AvgIpc) is 2.64. The van der Waals surface area contributed by atoms with Gasteiger partial charge in [0.25, 0.3) is 0 Å². The van der Waals surface area contributed by atoms with Crippen LogP contribution >= 0.6 is 0 Å². The molecule has 0 aromatic rings. The predicted molar refractivity (Wildman–Crippen MR) is 54.9 cm³/mol. The van der Waals surface area contributed by atoms with E-state index >= 15 is 0 Å². The van der Waals surface area contributed by atoms with E-state index in [1.54, 1.807) is 0 Å². The van der Waals surface area contributed by atoms with Gasteiger partial charge in [-0.2, -0.15) is 0 Å². The van der Waals surface area contributed by atoms with E-state index in [0.717, 1.165) is 23.7 Å². The molecule has 0 bridgehead atoms. The van der Waals surface area contributed by atoms with Crippen molar-refractivity contribution in [2.24, 2.45) is 29.5 Å². The smallest absolute Gasteiger partial charge is 0.0269 e. The maximum atomic E-state index is 5.64. The van der Waals surface area contributed by atoms with Gasteiger partial charge in [0, 0.05) is 6.04 Å². The summed E-state index contributed by atoms with van der Waals surface area (Å²) >= 11 is 0. The molecular weight excluding hydrogens is 160 g/mol. The highest BCUT2D eigenvalue weighted by Crippen LogP contribution is 2.59. The molecule has 0 spiro atoms. The Kier molecular flexibility index (Phi) is 2.61. The molecule has 76 valence electrons. The summed E-state index contributed by atoms with van der Waals surface area (Å²) in [6.07, 6.45) is 5.63. The average molecular weight is 182 g/mol. The molecule has 0 aromatic carbocycles. The summed E-state index contributed by atoms with van der Waals surface area (Å²) in [5, 5.41) is 0. The van der Waals surface area contributed by atoms with Gasteiger partial charge in [-0.1, -0.05) is 26.7 Å². The van der Waals surface area contributed by atoms with Crippen molar-refractivity contribution >= 4 is 0 Å². The maximum Gasteiger partial charge on any atom is 0.0269 e. The standard InChI is InChI=1S/C11H22N2/c1-3-7(2)11(13-12)10-8-5-4-6-9(8)10/h7-11,13H,3-6,12H2,1-2H3. The van der Waals surface area contributed by atoms with E-state index in [2.05, 4.69) is 19.3 Å². The zero-order valence-corrected chi connectivity index (χ0v) is 8.79. The van der Waals surface area contributed by atoms with Gasteiger partial charge in [0.1, 0.15) is 0 Å². The Morgan fingerprint density at radius 1 is 1.38 bits per heavy atom. The van der Waals surface area contributed by atoms with Gasteiger partial charge in [-0.3, -0.25) is 11.3 Å². The van der Waals surface area contributed by atoms with Gasteiger partial charge in [0.05, 0.1) is 0 Å². The molecule has 4 unspecified atom stereocenters. The molecule has 0 amide bonds. The molecule has 13 heavy (non-hydrogen) atoms. The van der Waals surface area contributed by atoms with Crippen molar-refractivity contribution in [1.82, 2.24) is 5.43 Å².